The lowest BCUT2D eigenvalue weighted by molar-refractivity contribution is 0.483. The van der Waals surface area contributed by atoms with E-state index in [9.17, 15) is 5.11 Å². The molecule has 2 aromatic carbocycles. The first kappa shape index (κ1) is 10.2. The van der Waals surface area contributed by atoms with Crippen molar-refractivity contribution in [3.8, 4) is 17.0 Å². The molecule has 3 rings (SSSR count). The lowest BCUT2D eigenvalue weighted by Crippen LogP contribution is -1.84. The van der Waals surface area contributed by atoms with Crippen LogP contribution in [0.1, 0.15) is 0 Å². The Balaban J connectivity index is 2.38. The number of rotatable bonds is 1. The molecule has 1 N–H and O–H groups in total. The van der Waals surface area contributed by atoms with Crippen LogP contribution in [0.3, 0.4) is 0 Å². The second-order valence-corrected chi connectivity index (χ2v) is 4.20. The Morgan fingerprint density at radius 1 is 0.882 bits per heavy atom. The molecule has 3 heteroatoms. The van der Waals surface area contributed by atoms with E-state index in [0.717, 1.165) is 16.5 Å². The summed E-state index contributed by atoms with van der Waals surface area (Å²) in [5, 5.41) is 11.0. The van der Waals surface area contributed by atoms with Crippen molar-refractivity contribution in [1.29, 1.82) is 0 Å². The Hall–Kier alpha value is -1.93. The summed E-state index contributed by atoms with van der Waals surface area (Å²) in [6.07, 6.45) is 0. The minimum absolute atomic E-state index is 0.224. The molecular weight excluding hydrogens is 234 g/mol. The minimum atomic E-state index is 0.224. The molecule has 0 saturated carbocycles. The molecule has 0 spiro atoms. The van der Waals surface area contributed by atoms with Crippen LogP contribution in [-0.2, 0) is 0 Å². The van der Waals surface area contributed by atoms with Gasteiger partial charge in [-0.25, -0.2) is 4.09 Å². The van der Waals surface area contributed by atoms with Crippen molar-refractivity contribution in [1.82, 2.24) is 4.09 Å². The highest BCUT2D eigenvalue weighted by Crippen LogP contribution is 2.39. The largest absolute Gasteiger partial charge is 0.505 e. The number of nitrogens with zero attached hydrogens (tertiary/aromatic N) is 1. The number of aromatic nitrogens is 1. The summed E-state index contributed by atoms with van der Waals surface area (Å²) in [6.45, 7) is 0. The van der Waals surface area contributed by atoms with Crippen LogP contribution in [-0.4, -0.2) is 9.19 Å². The van der Waals surface area contributed by atoms with Gasteiger partial charge in [-0.1, -0.05) is 42.5 Å². The maximum Gasteiger partial charge on any atom is 0.150 e. The molecule has 0 amide bonds. The van der Waals surface area contributed by atoms with Crippen LogP contribution in [0.25, 0.3) is 22.2 Å². The summed E-state index contributed by atoms with van der Waals surface area (Å²) >= 11 is 6.25. The van der Waals surface area contributed by atoms with Gasteiger partial charge in [0.15, 0.2) is 5.75 Å². The van der Waals surface area contributed by atoms with Gasteiger partial charge in [0.25, 0.3) is 0 Å². The minimum Gasteiger partial charge on any atom is -0.505 e. The molecule has 0 unspecified atom stereocenters. The number of aromatic hydroxyl groups is 1. The van der Waals surface area contributed by atoms with E-state index < -0.39 is 0 Å². The lowest BCUT2D eigenvalue weighted by atomic mass is 10.1. The third kappa shape index (κ3) is 1.49. The Labute approximate surface area is 104 Å². The quantitative estimate of drug-likeness (QED) is 0.686. The Morgan fingerprint density at radius 2 is 1.53 bits per heavy atom. The summed E-state index contributed by atoms with van der Waals surface area (Å²) in [7, 11) is 0. The predicted molar refractivity (Wildman–Crippen MR) is 70.3 cm³/mol. The zero-order valence-corrected chi connectivity index (χ0v) is 9.72. The van der Waals surface area contributed by atoms with Crippen molar-refractivity contribution >= 4 is 22.7 Å². The molecule has 1 aromatic heterocycles. The van der Waals surface area contributed by atoms with Crippen LogP contribution >= 0.6 is 11.8 Å². The highest BCUT2D eigenvalue weighted by molar-refractivity contribution is 6.22. The van der Waals surface area contributed by atoms with Crippen molar-refractivity contribution in [2.45, 2.75) is 0 Å². The fourth-order valence-electron chi connectivity index (χ4n) is 2.03. The number of halogens is 1. The van der Waals surface area contributed by atoms with E-state index in [1.807, 2.05) is 54.6 Å². The average molecular weight is 244 g/mol. The molecule has 0 bridgehead atoms. The number of benzene rings is 2. The highest BCUT2D eigenvalue weighted by Gasteiger charge is 2.16. The van der Waals surface area contributed by atoms with E-state index >= 15 is 0 Å². The third-order valence-corrected chi connectivity index (χ3v) is 3.19. The molecule has 0 saturated heterocycles. The van der Waals surface area contributed by atoms with Gasteiger partial charge in [0.05, 0.1) is 5.52 Å². The topological polar surface area (TPSA) is 25.2 Å². The SMILES string of the molecule is Oc1c(-c2ccccc2)n(Cl)c2ccccc12. The fourth-order valence-corrected chi connectivity index (χ4v) is 2.36. The third-order valence-electron chi connectivity index (χ3n) is 2.84. The van der Waals surface area contributed by atoms with Crippen LogP contribution in [0.5, 0.6) is 5.75 Å². The van der Waals surface area contributed by atoms with Gasteiger partial charge in [-0.15, -0.1) is 0 Å². The standard InChI is InChI=1S/C14H10ClNO/c15-16-12-9-5-4-8-11(12)14(17)13(16)10-6-2-1-3-7-10/h1-9,17H. The monoisotopic (exact) mass is 243 g/mol. The molecule has 0 aliphatic carbocycles. The van der Waals surface area contributed by atoms with E-state index in [4.69, 9.17) is 11.8 Å². The molecule has 0 fully saturated rings. The smallest absolute Gasteiger partial charge is 0.150 e. The fraction of sp³-hybridized carbons (Fsp3) is 0. The normalized spacial score (nSPS) is 10.9. The summed E-state index contributed by atoms with van der Waals surface area (Å²) in [6, 6.07) is 17.1. The summed E-state index contributed by atoms with van der Waals surface area (Å²) in [5.74, 6) is 0.224. The van der Waals surface area contributed by atoms with Crippen molar-refractivity contribution in [2.75, 3.05) is 0 Å². The summed E-state index contributed by atoms with van der Waals surface area (Å²) in [4.78, 5) is 0. The number of hydrogen-bond donors (Lipinski definition) is 1. The van der Waals surface area contributed by atoms with E-state index in [-0.39, 0.29) is 5.75 Å². The first-order chi connectivity index (χ1) is 8.29. The van der Waals surface area contributed by atoms with E-state index in [2.05, 4.69) is 0 Å². The Bertz CT molecular complexity index is 634. The van der Waals surface area contributed by atoms with E-state index in [0.29, 0.717) is 5.69 Å². The van der Waals surface area contributed by atoms with Crippen LogP contribution in [0.4, 0.5) is 0 Å². The molecule has 84 valence electrons. The van der Waals surface area contributed by atoms with Crippen LogP contribution in [0, 0.1) is 0 Å². The van der Waals surface area contributed by atoms with Crippen LogP contribution in [0.2, 0.25) is 0 Å². The molecular formula is C14H10ClNO. The second kappa shape index (κ2) is 3.82. The van der Waals surface area contributed by atoms with Gasteiger partial charge >= 0.3 is 0 Å². The van der Waals surface area contributed by atoms with Crippen molar-refractivity contribution in [3.05, 3.63) is 54.6 Å². The molecule has 2 nitrogen and oxygen atoms in total. The van der Waals surface area contributed by atoms with Gasteiger partial charge in [-0.05, 0) is 12.1 Å². The lowest BCUT2D eigenvalue weighted by Gasteiger charge is -2.02. The molecule has 1 heterocycles. The molecule has 3 aromatic rings. The highest BCUT2D eigenvalue weighted by atomic mass is 35.5. The molecule has 0 aliphatic rings. The van der Waals surface area contributed by atoms with E-state index in [1.165, 1.54) is 4.09 Å². The number of fused-ring (bicyclic) bond motifs is 1. The summed E-state index contributed by atoms with van der Waals surface area (Å²) < 4.78 is 1.50. The molecule has 17 heavy (non-hydrogen) atoms. The zero-order valence-electron chi connectivity index (χ0n) is 8.97. The maximum atomic E-state index is 10.2. The van der Waals surface area contributed by atoms with Gasteiger partial charge in [-0.3, -0.25) is 0 Å². The second-order valence-electron chi connectivity index (χ2n) is 3.86. The predicted octanol–water partition coefficient (Wildman–Crippen LogP) is 4.02. The van der Waals surface area contributed by atoms with E-state index in [1.54, 1.807) is 0 Å². The Morgan fingerprint density at radius 3 is 2.24 bits per heavy atom. The Kier molecular flexibility index (Phi) is 2.30. The molecule has 0 atom stereocenters. The molecule has 0 radical (unpaired) electrons. The maximum absolute atomic E-state index is 10.2. The van der Waals surface area contributed by atoms with Gasteiger partial charge < -0.3 is 5.11 Å². The van der Waals surface area contributed by atoms with Crippen LogP contribution < -0.4 is 0 Å². The number of para-hydroxylation sites is 1. The van der Waals surface area contributed by atoms with Crippen molar-refractivity contribution in [2.24, 2.45) is 0 Å². The molecule has 0 aliphatic heterocycles. The van der Waals surface area contributed by atoms with Gasteiger partial charge in [0, 0.05) is 22.7 Å². The van der Waals surface area contributed by atoms with Gasteiger partial charge in [0.2, 0.25) is 0 Å². The van der Waals surface area contributed by atoms with Crippen molar-refractivity contribution < 1.29 is 5.11 Å². The number of hydrogen-bond acceptors (Lipinski definition) is 1. The van der Waals surface area contributed by atoms with Gasteiger partial charge in [0.1, 0.15) is 5.69 Å². The van der Waals surface area contributed by atoms with Crippen LogP contribution in [0.15, 0.2) is 54.6 Å². The average Bonchev–Trinajstić information content (AvgIpc) is 2.64. The first-order valence-corrected chi connectivity index (χ1v) is 5.67. The zero-order chi connectivity index (χ0) is 11.8. The van der Waals surface area contributed by atoms with Crippen molar-refractivity contribution in [3.63, 3.8) is 0 Å². The summed E-state index contributed by atoms with van der Waals surface area (Å²) in [5.41, 5.74) is 2.34. The first-order valence-electron chi connectivity index (χ1n) is 5.33. The van der Waals surface area contributed by atoms with Gasteiger partial charge in [-0.2, -0.15) is 0 Å².